The first-order valence-electron chi connectivity index (χ1n) is 8.80. The maximum absolute atomic E-state index is 6.09. The van der Waals surface area contributed by atoms with E-state index in [-0.39, 0.29) is 6.10 Å². The number of hydrogen-bond donors (Lipinski definition) is 2. The van der Waals surface area contributed by atoms with Crippen molar-refractivity contribution >= 4 is 16.9 Å². The van der Waals surface area contributed by atoms with Gasteiger partial charge in [0.1, 0.15) is 17.4 Å². The van der Waals surface area contributed by atoms with Gasteiger partial charge in [-0.3, -0.25) is 0 Å². The van der Waals surface area contributed by atoms with E-state index in [1.54, 1.807) is 0 Å². The number of nitrogens with one attached hydrogen (secondary N) is 1. The van der Waals surface area contributed by atoms with E-state index in [0.29, 0.717) is 24.6 Å². The fraction of sp³-hybridized carbons (Fsp3) is 0.556. The van der Waals surface area contributed by atoms with Gasteiger partial charge in [0, 0.05) is 30.1 Å². The third kappa shape index (κ3) is 3.44. The number of rotatable bonds is 4. The summed E-state index contributed by atoms with van der Waals surface area (Å²) in [6.45, 7) is 1.41. The van der Waals surface area contributed by atoms with Gasteiger partial charge in [-0.2, -0.15) is 0 Å². The molecule has 0 radical (unpaired) electrons. The van der Waals surface area contributed by atoms with Crippen molar-refractivity contribution in [3.05, 3.63) is 24.4 Å². The largest absolute Gasteiger partial charge is 0.486 e. The molecular weight excluding hydrogens is 304 g/mol. The molecule has 3 N–H and O–H groups in total. The molecule has 1 aromatic heterocycles. The van der Waals surface area contributed by atoms with Gasteiger partial charge in [-0.1, -0.05) is 12.1 Å². The quantitative estimate of drug-likeness (QED) is 0.897. The molecule has 6 heteroatoms. The Kier molecular flexibility index (Phi) is 4.49. The van der Waals surface area contributed by atoms with Crippen LogP contribution in [-0.2, 0) is 4.74 Å². The maximum Gasteiger partial charge on any atom is 0.223 e. The minimum Gasteiger partial charge on any atom is -0.486 e. The predicted octanol–water partition coefficient (Wildman–Crippen LogP) is 2.48. The zero-order valence-corrected chi connectivity index (χ0v) is 13.8. The van der Waals surface area contributed by atoms with E-state index in [1.165, 1.54) is 0 Å². The molecule has 0 spiro atoms. The van der Waals surface area contributed by atoms with E-state index in [0.717, 1.165) is 55.4 Å². The number of aromatic nitrogens is 2. The number of fused-ring (bicyclic) bond motifs is 1. The van der Waals surface area contributed by atoms with Gasteiger partial charge in [0.15, 0.2) is 0 Å². The van der Waals surface area contributed by atoms with Crippen LogP contribution in [-0.4, -0.2) is 41.4 Å². The van der Waals surface area contributed by atoms with Gasteiger partial charge < -0.3 is 20.5 Å². The van der Waals surface area contributed by atoms with Gasteiger partial charge >= 0.3 is 0 Å². The van der Waals surface area contributed by atoms with Crippen LogP contribution in [0.1, 0.15) is 32.1 Å². The molecule has 2 aliphatic rings. The van der Waals surface area contributed by atoms with E-state index in [1.807, 2.05) is 24.4 Å². The standard InChI is InChI=1S/C18H24N4O2/c19-13-4-6-14(7-5-13)21-18-20-10-12-2-1-3-16(17(12)22-18)24-15-8-9-23-11-15/h1-3,10,13-15H,4-9,11,19H2,(H,20,21,22)/t13-,14-,15?. The van der Waals surface area contributed by atoms with Crippen LogP contribution in [0.5, 0.6) is 5.75 Å². The summed E-state index contributed by atoms with van der Waals surface area (Å²) >= 11 is 0. The summed E-state index contributed by atoms with van der Waals surface area (Å²) in [7, 11) is 0. The second kappa shape index (κ2) is 6.91. The normalized spacial score (nSPS) is 27.3. The molecule has 4 rings (SSSR count). The summed E-state index contributed by atoms with van der Waals surface area (Å²) in [5.74, 6) is 1.47. The molecule has 0 amide bonds. The molecule has 1 atom stereocenters. The van der Waals surface area contributed by atoms with Gasteiger partial charge in [-0.25, -0.2) is 9.97 Å². The number of para-hydroxylation sites is 1. The Morgan fingerprint density at radius 1 is 1.17 bits per heavy atom. The molecule has 128 valence electrons. The molecule has 1 aliphatic heterocycles. The monoisotopic (exact) mass is 328 g/mol. The average molecular weight is 328 g/mol. The second-order valence-corrected chi connectivity index (χ2v) is 6.75. The molecule has 1 aliphatic carbocycles. The van der Waals surface area contributed by atoms with Gasteiger partial charge in [0.2, 0.25) is 5.95 Å². The zero-order chi connectivity index (χ0) is 16.4. The number of nitrogens with two attached hydrogens (primary N) is 1. The fourth-order valence-electron chi connectivity index (χ4n) is 3.42. The molecule has 1 aromatic carbocycles. The molecule has 6 nitrogen and oxygen atoms in total. The van der Waals surface area contributed by atoms with Crippen molar-refractivity contribution in [1.29, 1.82) is 0 Å². The molecule has 2 aromatic rings. The fourth-order valence-corrected chi connectivity index (χ4v) is 3.42. The Morgan fingerprint density at radius 2 is 2.04 bits per heavy atom. The predicted molar refractivity (Wildman–Crippen MR) is 93.2 cm³/mol. The van der Waals surface area contributed by atoms with Gasteiger partial charge in [0.25, 0.3) is 0 Å². The number of nitrogens with zero attached hydrogens (tertiary/aromatic N) is 2. The van der Waals surface area contributed by atoms with Crippen molar-refractivity contribution in [2.45, 2.75) is 50.3 Å². The van der Waals surface area contributed by atoms with E-state index < -0.39 is 0 Å². The highest BCUT2D eigenvalue weighted by Gasteiger charge is 2.21. The lowest BCUT2D eigenvalue weighted by atomic mass is 9.92. The van der Waals surface area contributed by atoms with E-state index in [9.17, 15) is 0 Å². The summed E-state index contributed by atoms with van der Waals surface area (Å²) in [5.41, 5.74) is 6.83. The smallest absolute Gasteiger partial charge is 0.223 e. The first kappa shape index (κ1) is 15.6. The van der Waals surface area contributed by atoms with Crippen LogP contribution >= 0.6 is 0 Å². The number of ether oxygens (including phenoxy) is 2. The van der Waals surface area contributed by atoms with Crippen molar-refractivity contribution in [2.24, 2.45) is 5.73 Å². The number of benzene rings is 1. The minimum atomic E-state index is 0.113. The van der Waals surface area contributed by atoms with Crippen LogP contribution in [0.2, 0.25) is 0 Å². The van der Waals surface area contributed by atoms with Gasteiger partial charge in [-0.15, -0.1) is 0 Å². The molecule has 2 fully saturated rings. The maximum atomic E-state index is 6.09. The number of hydrogen-bond acceptors (Lipinski definition) is 6. The Morgan fingerprint density at radius 3 is 2.83 bits per heavy atom. The molecule has 0 bridgehead atoms. The van der Waals surface area contributed by atoms with Crippen molar-refractivity contribution < 1.29 is 9.47 Å². The summed E-state index contributed by atoms with van der Waals surface area (Å²) in [6.07, 6.45) is 7.15. The van der Waals surface area contributed by atoms with Crippen LogP contribution in [0.4, 0.5) is 5.95 Å². The summed E-state index contributed by atoms with van der Waals surface area (Å²) < 4.78 is 11.5. The lowest BCUT2D eigenvalue weighted by Crippen LogP contribution is -2.33. The van der Waals surface area contributed by atoms with E-state index in [4.69, 9.17) is 20.2 Å². The van der Waals surface area contributed by atoms with Gasteiger partial charge in [0.05, 0.1) is 13.2 Å². The summed E-state index contributed by atoms with van der Waals surface area (Å²) in [4.78, 5) is 9.17. The highest BCUT2D eigenvalue weighted by molar-refractivity contribution is 5.84. The van der Waals surface area contributed by atoms with Crippen molar-refractivity contribution in [3.8, 4) is 5.75 Å². The lowest BCUT2D eigenvalue weighted by molar-refractivity contribution is 0.142. The zero-order valence-electron chi connectivity index (χ0n) is 13.8. The lowest BCUT2D eigenvalue weighted by Gasteiger charge is -2.26. The SMILES string of the molecule is N[C@H]1CC[C@H](Nc2ncc3cccc(OC4CCOC4)c3n2)CC1. The Labute approximate surface area is 141 Å². The van der Waals surface area contributed by atoms with Crippen molar-refractivity contribution in [2.75, 3.05) is 18.5 Å². The van der Waals surface area contributed by atoms with Gasteiger partial charge in [-0.05, 0) is 31.7 Å². The average Bonchev–Trinajstić information content (AvgIpc) is 3.11. The molecule has 24 heavy (non-hydrogen) atoms. The van der Waals surface area contributed by atoms with Crippen LogP contribution in [0.15, 0.2) is 24.4 Å². The third-order valence-corrected chi connectivity index (χ3v) is 4.86. The first-order valence-corrected chi connectivity index (χ1v) is 8.80. The van der Waals surface area contributed by atoms with E-state index >= 15 is 0 Å². The van der Waals surface area contributed by atoms with Crippen molar-refractivity contribution in [3.63, 3.8) is 0 Å². The molecule has 1 unspecified atom stereocenters. The molecule has 1 saturated heterocycles. The molecular formula is C18H24N4O2. The van der Waals surface area contributed by atoms with Crippen LogP contribution in [0, 0.1) is 0 Å². The van der Waals surface area contributed by atoms with Crippen LogP contribution < -0.4 is 15.8 Å². The van der Waals surface area contributed by atoms with Crippen LogP contribution in [0.25, 0.3) is 10.9 Å². The van der Waals surface area contributed by atoms with Crippen LogP contribution in [0.3, 0.4) is 0 Å². The summed E-state index contributed by atoms with van der Waals surface area (Å²) in [6, 6.07) is 6.70. The topological polar surface area (TPSA) is 82.3 Å². The Balaban J connectivity index is 1.54. The Hall–Kier alpha value is -1.92. The second-order valence-electron chi connectivity index (χ2n) is 6.75. The minimum absolute atomic E-state index is 0.113. The first-order chi connectivity index (χ1) is 11.8. The van der Waals surface area contributed by atoms with Crippen molar-refractivity contribution in [1.82, 2.24) is 9.97 Å². The van der Waals surface area contributed by atoms with E-state index in [2.05, 4.69) is 10.3 Å². The highest BCUT2D eigenvalue weighted by Crippen LogP contribution is 2.27. The third-order valence-electron chi connectivity index (χ3n) is 4.86. The highest BCUT2D eigenvalue weighted by atomic mass is 16.5. The number of anilines is 1. The summed E-state index contributed by atoms with van der Waals surface area (Å²) in [5, 5.41) is 4.44. The molecule has 1 saturated carbocycles. The molecule has 2 heterocycles. The Bertz CT molecular complexity index is 694.